The van der Waals surface area contributed by atoms with Gasteiger partial charge in [0.25, 0.3) is 0 Å². The van der Waals surface area contributed by atoms with Crippen LogP contribution in [0.2, 0.25) is 0 Å². The molecule has 5 heteroatoms. The van der Waals surface area contributed by atoms with Crippen LogP contribution >= 0.6 is 0 Å². The second kappa shape index (κ2) is 5.00. The Labute approximate surface area is 107 Å². The molecule has 1 aliphatic rings. The van der Waals surface area contributed by atoms with Crippen molar-refractivity contribution >= 4 is 0 Å². The van der Waals surface area contributed by atoms with E-state index in [2.05, 4.69) is 33.0 Å². The first-order chi connectivity index (χ1) is 7.91. The Hall–Kier alpha value is -0.290. The van der Waals surface area contributed by atoms with Crippen molar-refractivity contribution in [3.8, 4) is 0 Å². The van der Waals surface area contributed by atoms with Gasteiger partial charge in [-0.15, -0.1) is 0 Å². The van der Waals surface area contributed by atoms with E-state index in [4.69, 9.17) is 5.11 Å². The number of aliphatic hydroxyl groups is 1. The zero-order chi connectivity index (χ0) is 14.2. The van der Waals surface area contributed by atoms with Crippen molar-refractivity contribution in [2.75, 3.05) is 6.54 Å². The normalized spacial score (nSPS) is 26.0. The number of rotatable bonds is 3. The van der Waals surface area contributed by atoms with E-state index >= 15 is 0 Å². The lowest BCUT2D eigenvalue weighted by atomic mass is 9.63. The molecular formula is C13H24F3NO. The third kappa shape index (κ3) is 4.76. The second-order valence-corrected chi connectivity index (χ2v) is 7.08. The minimum absolute atomic E-state index is 0.0424. The summed E-state index contributed by atoms with van der Waals surface area (Å²) in [6.07, 6.45) is -4.04. The summed E-state index contributed by atoms with van der Waals surface area (Å²) in [7, 11) is 0. The average Bonchev–Trinajstić information content (AvgIpc) is 2.07. The molecule has 18 heavy (non-hydrogen) atoms. The molecule has 0 spiro atoms. The summed E-state index contributed by atoms with van der Waals surface area (Å²) in [6, 6.07) is 0.0424. The van der Waals surface area contributed by atoms with Crippen molar-refractivity contribution in [2.45, 2.75) is 65.3 Å². The molecule has 0 heterocycles. The zero-order valence-corrected chi connectivity index (χ0v) is 11.6. The predicted molar refractivity (Wildman–Crippen MR) is 65.3 cm³/mol. The smallest absolute Gasteiger partial charge is 0.382 e. The van der Waals surface area contributed by atoms with Gasteiger partial charge in [0.15, 0.2) is 6.10 Å². The van der Waals surface area contributed by atoms with E-state index in [0.29, 0.717) is 0 Å². The van der Waals surface area contributed by atoms with E-state index in [1.807, 2.05) is 0 Å². The van der Waals surface area contributed by atoms with Crippen molar-refractivity contribution < 1.29 is 18.3 Å². The highest BCUT2D eigenvalue weighted by Crippen LogP contribution is 2.45. The lowest BCUT2D eigenvalue weighted by Crippen LogP contribution is -2.48. The first-order valence-corrected chi connectivity index (χ1v) is 6.40. The van der Waals surface area contributed by atoms with Gasteiger partial charge in [-0.3, -0.25) is 0 Å². The van der Waals surface area contributed by atoms with Gasteiger partial charge in [0.05, 0.1) is 0 Å². The molecule has 0 amide bonds. The van der Waals surface area contributed by atoms with E-state index in [-0.39, 0.29) is 16.9 Å². The third-order valence-corrected chi connectivity index (χ3v) is 3.53. The van der Waals surface area contributed by atoms with Gasteiger partial charge in [-0.05, 0) is 30.1 Å². The largest absolute Gasteiger partial charge is 0.415 e. The summed E-state index contributed by atoms with van der Waals surface area (Å²) in [4.78, 5) is 0. The number of nitrogens with one attached hydrogen (secondary N) is 1. The highest BCUT2D eigenvalue weighted by atomic mass is 19.4. The third-order valence-electron chi connectivity index (χ3n) is 3.53. The van der Waals surface area contributed by atoms with Crippen LogP contribution < -0.4 is 5.32 Å². The fourth-order valence-electron chi connectivity index (χ4n) is 3.38. The first kappa shape index (κ1) is 15.8. The summed E-state index contributed by atoms with van der Waals surface area (Å²) in [5, 5.41) is 11.9. The fraction of sp³-hybridized carbons (Fsp3) is 1.00. The minimum atomic E-state index is -4.54. The van der Waals surface area contributed by atoms with Crippen LogP contribution in [0.3, 0.4) is 0 Å². The number of hydrogen-bond donors (Lipinski definition) is 2. The topological polar surface area (TPSA) is 32.3 Å². The van der Waals surface area contributed by atoms with Crippen LogP contribution in [0.4, 0.5) is 13.2 Å². The van der Waals surface area contributed by atoms with Gasteiger partial charge >= 0.3 is 6.18 Å². The van der Waals surface area contributed by atoms with Gasteiger partial charge < -0.3 is 10.4 Å². The number of aliphatic hydroxyl groups excluding tert-OH is 1. The van der Waals surface area contributed by atoms with Crippen LogP contribution in [0.5, 0.6) is 0 Å². The first-order valence-electron chi connectivity index (χ1n) is 6.40. The van der Waals surface area contributed by atoms with Gasteiger partial charge in [0.2, 0.25) is 0 Å². The van der Waals surface area contributed by atoms with E-state index in [0.717, 1.165) is 19.3 Å². The molecule has 0 bridgehead atoms. The molecule has 1 aliphatic carbocycles. The Balaban J connectivity index is 2.52. The van der Waals surface area contributed by atoms with Crippen LogP contribution in [0.15, 0.2) is 0 Å². The van der Waals surface area contributed by atoms with Gasteiger partial charge in [0, 0.05) is 12.6 Å². The average molecular weight is 267 g/mol. The van der Waals surface area contributed by atoms with Crippen LogP contribution in [-0.2, 0) is 0 Å². The number of hydrogen-bond acceptors (Lipinski definition) is 2. The molecule has 2 N–H and O–H groups in total. The van der Waals surface area contributed by atoms with Crippen molar-refractivity contribution in [3.63, 3.8) is 0 Å². The second-order valence-electron chi connectivity index (χ2n) is 7.08. The molecule has 0 aromatic rings. The molecule has 1 rings (SSSR count). The summed E-state index contributed by atoms with van der Waals surface area (Å²) in [6.45, 7) is 8.15. The standard InChI is InChI=1S/C13H24F3NO/c1-11(2)5-9(6-12(3,4)8-11)17-7-10(18)13(14,15)16/h9-10,17-18H,5-8H2,1-4H3. The van der Waals surface area contributed by atoms with E-state index in [1.165, 1.54) is 0 Å². The highest BCUT2D eigenvalue weighted by Gasteiger charge is 2.41. The summed E-state index contributed by atoms with van der Waals surface area (Å²) in [5.74, 6) is 0. The molecule has 1 saturated carbocycles. The maximum Gasteiger partial charge on any atom is 0.415 e. The van der Waals surface area contributed by atoms with Crippen molar-refractivity contribution in [1.29, 1.82) is 0 Å². The van der Waals surface area contributed by atoms with Crippen LogP contribution in [0.1, 0.15) is 47.0 Å². The Morgan fingerprint density at radius 2 is 1.61 bits per heavy atom. The Morgan fingerprint density at radius 1 is 1.17 bits per heavy atom. The van der Waals surface area contributed by atoms with Gasteiger partial charge in [-0.1, -0.05) is 27.7 Å². The molecule has 1 atom stereocenters. The molecule has 1 fully saturated rings. The summed E-state index contributed by atoms with van der Waals surface area (Å²) in [5.41, 5.74) is 0.255. The lowest BCUT2D eigenvalue weighted by Gasteiger charge is -2.45. The summed E-state index contributed by atoms with van der Waals surface area (Å²) < 4.78 is 36.7. The Bertz CT molecular complexity index is 270. The van der Waals surface area contributed by atoms with Gasteiger partial charge in [-0.2, -0.15) is 13.2 Å². The Morgan fingerprint density at radius 3 is 2.00 bits per heavy atom. The number of halogens is 3. The van der Waals surface area contributed by atoms with Crippen molar-refractivity contribution in [3.05, 3.63) is 0 Å². The SMILES string of the molecule is CC1(C)CC(NCC(O)C(F)(F)F)CC(C)(C)C1. The molecular weight excluding hydrogens is 243 g/mol. The molecule has 0 radical (unpaired) electrons. The van der Waals surface area contributed by atoms with E-state index in [1.54, 1.807) is 0 Å². The molecule has 0 saturated heterocycles. The lowest BCUT2D eigenvalue weighted by molar-refractivity contribution is -0.202. The number of alkyl halides is 3. The Kier molecular flexibility index (Phi) is 4.38. The molecule has 0 aromatic carbocycles. The molecule has 0 aromatic heterocycles. The van der Waals surface area contributed by atoms with E-state index in [9.17, 15) is 13.2 Å². The zero-order valence-electron chi connectivity index (χ0n) is 11.6. The van der Waals surface area contributed by atoms with Gasteiger partial charge in [-0.25, -0.2) is 0 Å². The molecule has 2 nitrogen and oxygen atoms in total. The predicted octanol–water partition coefficient (Wildman–Crippen LogP) is 3.10. The molecule has 0 aliphatic heterocycles. The van der Waals surface area contributed by atoms with Crippen molar-refractivity contribution in [2.24, 2.45) is 10.8 Å². The summed E-state index contributed by atoms with van der Waals surface area (Å²) >= 11 is 0. The van der Waals surface area contributed by atoms with Crippen molar-refractivity contribution in [1.82, 2.24) is 5.32 Å². The minimum Gasteiger partial charge on any atom is -0.382 e. The van der Waals surface area contributed by atoms with Crippen LogP contribution in [0.25, 0.3) is 0 Å². The molecule has 108 valence electrons. The van der Waals surface area contributed by atoms with Crippen LogP contribution in [0, 0.1) is 10.8 Å². The fourth-order valence-corrected chi connectivity index (χ4v) is 3.38. The molecule has 1 unspecified atom stereocenters. The quantitative estimate of drug-likeness (QED) is 0.823. The highest BCUT2D eigenvalue weighted by molar-refractivity contribution is 4.92. The monoisotopic (exact) mass is 267 g/mol. The van der Waals surface area contributed by atoms with Crippen LogP contribution in [-0.4, -0.2) is 30.0 Å². The van der Waals surface area contributed by atoms with Gasteiger partial charge in [0.1, 0.15) is 0 Å². The van der Waals surface area contributed by atoms with E-state index < -0.39 is 18.8 Å². The maximum absolute atomic E-state index is 12.2. The maximum atomic E-state index is 12.2.